The minimum Gasteiger partial charge on any atom is -0.507 e. The van der Waals surface area contributed by atoms with Gasteiger partial charge in [0.25, 0.3) is 5.91 Å². The van der Waals surface area contributed by atoms with E-state index in [4.69, 9.17) is 0 Å². The molecule has 0 radical (unpaired) electrons. The topological polar surface area (TPSA) is 49.3 Å². The second-order valence-corrected chi connectivity index (χ2v) is 6.19. The fourth-order valence-electron chi connectivity index (χ4n) is 1.29. The van der Waals surface area contributed by atoms with Crippen LogP contribution in [0.25, 0.3) is 0 Å². The van der Waals surface area contributed by atoms with E-state index in [1.54, 1.807) is 12.1 Å². The molecule has 17 heavy (non-hydrogen) atoms. The van der Waals surface area contributed by atoms with Crippen molar-refractivity contribution in [2.24, 2.45) is 5.92 Å². The van der Waals surface area contributed by atoms with Gasteiger partial charge in [0.15, 0.2) is 0 Å². The van der Waals surface area contributed by atoms with Gasteiger partial charge in [0.2, 0.25) is 0 Å². The third-order valence-electron chi connectivity index (χ3n) is 2.50. The molecule has 2 N–H and O–H groups in total. The minimum atomic E-state index is -0.132. The van der Waals surface area contributed by atoms with Crippen molar-refractivity contribution in [2.75, 3.05) is 4.43 Å². The van der Waals surface area contributed by atoms with E-state index in [0.717, 1.165) is 8.00 Å². The van der Waals surface area contributed by atoms with Gasteiger partial charge >= 0.3 is 0 Å². The SMILES string of the molecule is CC(C)C(CI)NC(=O)c1ccc(I)c(O)c1. The van der Waals surface area contributed by atoms with Crippen LogP contribution in [0.2, 0.25) is 0 Å². The number of halogens is 2. The van der Waals surface area contributed by atoms with Gasteiger partial charge in [0, 0.05) is 16.0 Å². The first kappa shape index (κ1) is 15.0. The third kappa shape index (κ3) is 4.27. The number of amides is 1. The predicted octanol–water partition coefficient (Wildman–Crippen LogP) is 3.19. The lowest BCUT2D eigenvalue weighted by Crippen LogP contribution is -2.39. The molecular formula is C12H15I2NO2. The lowest BCUT2D eigenvalue weighted by Gasteiger charge is -2.20. The molecule has 0 saturated carbocycles. The van der Waals surface area contributed by atoms with Crippen LogP contribution in [0.5, 0.6) is 5.75 Å². The number of alkyl halides is 1. The zero-order chi connectivity index (χ0) is 13.0. The molecule has 0 bridgehead atoms. The van der Waals surface area contributed by atoms with Crippen molar-refractivity contribution in [3.05, 3.63) is 27.3 Å². The molecular weight excluding hydrogens is 444 g/mol. The Bertz CT molecular complexity index is 407. The Morgan fingerprint density at radius 1 is 1.47 bits per heavy atom. The van der Waals surface area contributed by atoms with Crippen molar-refractivity contribution in [1.29, 1.82) is 0 Å². The molecule has 0 aliphatic heterocycles. The molecule has 1 aromatic rings. The summed E-state index contributed by atoms with van der Waals surface area (Å²) in [6.07, 6.45) is 0. The highest BCUT2D eigenvalue weighted by Crippen LogP contribution is 2.20. The standard InChI is InChI=1S/C12H15I2NO2/c1-7(2)10(6-13)15-12(17)8-3-4-9(14)11(16)5-8/h3-5,7,10,16H,6H2,1-2H3,(H,15,17). The number of hydrogen-bond donors (Lipinski definition) is 2. The molecule has 0 heterocycles. The van der Waals surface area contributed by atoms with Gasteiger partial charge in [-0.3, -0.25) is 4.79 Å². The smallest absolute Gasteiger partial charge is 0.251 e. The van der Waals surface area contributed by atoms with E-state index in [0.29, 0.717) is 11.5 Å². The van der Waals surface area contributed by atoms with Gasteiger partial charge in [-0.1, -0.05) is 36.4 Å². The molecule has 1 unspecified atom stereocenters. The molecule has 1 aromatic carbocycles. The number of carbonyl (C=O) groups excluding carboxylic acids is 1. The number of carbonyl (C=O) groups is 1. The first-order valence-corrected chi connectivity index (χ1v) is 7.91. The van der Waals surface area contributed by atoms with Crippen molar-refractivity contribution in [1.82, 2.24) is 5.32 Å². The van der Waals surface area contributed by atoms with E-state index >= 15 is 0 Å². The summed E-state index contributed by atoms with van der Waals surface area (Å²) in [6, 6.07) is 5.12. The van der Waals surface area contributed by atoms with Crippen LogP contribution in [-0.4, -0.2) is 21.5 Å². The zero-order valence-corrected chi connectivity index (χ0v) is 14.0. The number of hydrogen-bond acceptors (Lipinski definition) is 2. The maximum atomic E-state index is 12.0. The summed E-state index contributed by atoms with van der Waals surface area (Å²) in [5.41, 5.74) is 0.499. The molecule has 3 nitrogen and oxygen atoms in total. The molecule has 0 spiro atoms. The summed E-state index contributed by atoms with van der Waals surface area (Å²) in [4.78, 5) is 12.0. The Kier molecular flexibility index (Phi) is 5.98. The van der Waals surface area contributed by atoms with Gasteiger partial charge in [-0.2, -0.15) is 0 Å². The van der Waals surface area contributed by atoms with E-state index < -0.39 is 0 Å². The van der Waals surface area contributed by atoms with E-state index in [2.05, 4.69) is 41.8 Å². The van der Waals surface area contributed by atoms with Gasteiger partial charge < -0.3 is 10.4 Å². The summed E-state index contributed by atoms with van der Waals surface area (Å²) in [6.45, 7) is 4.16. The predicted molar refractivity (Wildman–Crippen MR) is 85.8 cm³/mol. The van der Waals surface area contributed by atoms with Crippen molar-refractivity contribution in [3.63, 3.8) is 0 Å². The van der Waals surface area contributed by atoms with E-state index in [1.165, 1.54) is 6.07 Å². The lowest BCUT2D eigenvalue weighted by atomic mass is 10.1. The first-order chi connectivity index (χ1) is 7.95. The summed E-state index contributed by atoms with van der Waals surface area (Å²) < 4.78 is 1.62. The monoisotopic (exact) mass is 459 g/mol. The fourth-order valence-corrected chi connectivity index (χ4v) is 2.86. The summed E-state index contributed by atoms with van der Waals surface area (Å²) >= 11 is 4.29. The fraction of sp³-hybridized carbons (Fsp3) is 0.417. The molecule has 1 amide bonds. The van der Waals surface area contributed by atoms with Crippen LogP contribution in [0, 0.1) is 9.49 Å². The molecule has 0 aliphatic rings. The van der Waals surface area contributed by atoms with Crippen LogP contribution in [-0.2, 0) is 0 Å². The number of rotatable bonds is 4. The molecule has 0 aromatic heterocycles. The van der Waals surface area contributed by atoms with Gasteiger partial charge in [-0.15, -0.1) is 0 Å². The number of aromatic hydroxyl groups is 1. The van der Waals surface area contributed by atoms with Crippen LogP contribution in [0.4, 0.5) is 0 Å². The normalized spacial score (nSPS) is 12.5. The molecule has 0 fully saturated rings. The van der Waals surface area contributed by atoms with Crippen LogP contribution in [0.1, 0.15) is 24.2 Å². The quantitative estimate of drug-likeness (QED) is 0.537. The molecule has 1 rings (SSSR count). The Morgan fingerprint density at radius 3 is 2.59 bits per heavy atom. The largest absolute Gasteiger partial charge is 0.507 e. The lowest BCUT2D eigenvalue weighted by molar-refractivity contribution is 0.0931. The van der Waals surface area contributed by atoms with Gasteiger partial charge in [0.05, 0.1) is 3.57 Å². The number of phenolic OH excluding ortho intramolecular Hbond substituents is 1. The van der Waals surface area contributed by atoms with E-state index in [-0.39, 0.29) is 17.7 Å². The average molecular weight is 459 g/mol. The van der Waals surface area contributed by atoms with Crippen molar-refractivity contribution >= 4 is 51.1 Å². The Hall–Kier alpha value is -0.0500. The Balaban J connectivity index is 2.79. The van der Waals surface area contributed by atoms with E-state index in [9.17, 15) is 9.90 Å². The summed E-state index contributed by atoms with van der Waals surface area (Å²) in [5, 5.41) is 12.5. The Morgan fingerprint density at radius 2 is 2.12 bits per heavy atom. The highest BCUT2D eigenvalue weighted by atomic mass is 127. The van der Waals surface area contributed by atoms with Crippen molar-refractivity contribution in [2.45, 2.75) is 19.9 Å². The number of phenols is 1. The Labute approximate surface area is 129 Å². The maximum Gasteiger partial charge on any atom is 0.251 e. The zero-order valence-electron chi connectivity index (χ0n) is 9.71. The second-order valence-electron chi connectivity index (χ2n) is 4.14. The van der Waals surface area contributed by atoms with Crippen LogP contribution >= 0.6 is 45.2 Å². The van der Waals surface area contributed by atoms with Gasteiger partial charge in [-0.25, -0.2) is 0 Å². The maximum absolute atomic E-state index is 12.0. The summed E-state index contributed by atoms with van der Waals surface area (Å²) in [7, 11) is 0. The van der Waals surface area contributed by atoms with Crippen LogP contribution in [0.15, 0.2) is 18.2 Å². The highest BCUT2D eigenvalue weighted by Gasteiger charge is 2.16. The molecule has 94 valence electrons. The van der Waals surface area contributed by atoms with Crippen LogP contribution in [0.3, 0.4) is 0 Å². The number of benzene rings is 1. The number of nitrogens with one attached hydrogen (secondary N) is 1. The van der Waals surface area contributed by atoms with E-state index in [1.807, 2.05) is 22.6 Å². The van der Waals surface area contributed by atoms with Gasteiger partial charge in [-0.05, 0) is 46.7 Å². The van der Waals surface area contributed by atoms with Crippen molar-refractivity contribution in [3.8, 4) is 5.75 Å². The van der Waals surface area contributed by atoms with Crippen molar-refractivity contribution < 1.29 is 9.90 Å². The molecule has 1 atom stereocenters. The molecule has 0 aliphatic carbocycles. The first-order valence-electron chi connectivity index (χ1n) is 5.31. The minimum absolute atomic E-state index is 0.132. The summed E-state index contributed by atoms with van der Waals surface area (Å²) in [5.74, 6) is 0.411. The van der Waals surface area contributed by atoms with Gasteiger partial charge in [0.1, 0.15) is 5.75 Å². The average Bonchev–Trinajstić information content (AvgIpc) is 2.28. The second kappa shape index (κ2) is 6.77. The molecule has 5 heteroatoms. The third-order valence-corrected chi connectivity index (χ3v) is 4.36. The molecule has 0 saturated heterocycles. The van der Waals surface area contributed by atoms with Crippen LogP contribution < -0.4 is 5.32 Å². The highest BCUT2D eigenvalue weighted by molar-refractivity contribution is 14.1.